The molecule has 12 heavy (non-hydrogen) atoms. The van der Waals surface area contributed by atoms with Gasteiger partial charge in [-0.2, -0.15) is 12.6 Å². The van der Waals surface area contributed by atoms with Crippen LogP contribution in [0.15, 0.2) is 0 Å². The van der Waals surface area contributed by atoms with Gasteiger partial charge in [0.05, 0.1) is 6.04 Å². The molecule has 2 unspecified atom stereocenters. The molecule has 0 saturated heterocycles. The fraction of sp³-hybridized carbons (Fsp3) is 0.667. The third-order valence-corrected chi connectivity index (χ3v) is 2.35. The minimum absolute atomic E-state index is 0.243. The van der Waals surface area contributed by atoms with Crippen LogP contribution in [0, 0.1) is 0 Å². The van der Waals surface area contributed by atoms with Gasteiger partial charge in [-0.1, -0.05) is 0 Å². The summed E-state index contributed by atoms with van der Waals surface area (Å²) in [5, 5.41) is -0.243. The molecule has 0 bridgehead atoms. The fourth-order valence-corrected chi connectivity index (χ4v) is 1.38. The van der Waals surface area contributed by atoms with Gasteiger partial charge in [0.1, 0.15) is 0 Å². The summed E-state index contributed by atoms with van der Waals surface area (Å²) in [7, 11) is 0. The van der Waals surface area contributed by atoms with E-state index >= 15 is 0 Å². The number of hydrogen-bond acceptors (Lipinski definition) is 6. The average molecular weight is 208 g/mol. The van der Waals surface area contributed by atoms with Crippen molar-refractivity contribution in [1.29, 1.82) is 0 Å². The number of nitrogens with two attached hydrogens (primary N) is 1. The topological polar surface area (TPSA) is 69.4 Å². The van der Waals surface area contributed by atoms with Crippen LogP contribution in [-0.2, 0) is 14.3 Å². The predicted octanol–water partition coefficient (Wildman–Crippen LogP) is -0.0669. The average Bonchev–Trinajstić information content (AvgIpc) is 2.03. The number of ether oxygens (including phenoxy) is 1. The molecule has 4 nitrogen and oxygen atoms in total. The summed E-state index contributed by atoms with van der Waals surface area (Å²) < 4.78 is 4.36. The highest BCUT2D eigenvalue weighted by molar-refractivity contribution is 8.14. The highest BCUT2D eigenvalue weighted by Gasteiger charge is 2.16. The van der Waals surface area contributed by atoms with E-state index in [1.54, 1.807) is 6.92 Å². The van der Waals surface area contributed by atoms with E-state index in [2.05, 4.69) is 17.4 Å². The van der Waals surface area contributed by atoms with E-state index in [-0.39, 0.29) is 10.9 Å². The van der Waals surface area contributed by atoms with Gasteiger partial charge in [0.15, 0.2) is 5.44 Å². The number of carbonyl (C=O) groups excluding carboxylic acids is 2. The maximum Gasteiger partial charge on any atom is 0.418 e. The van der Waals surface area contributed by atoms with Crippen LogP contribution in [0.25, 0.3) is 0 Å². The van der Waals surface area contributed by atoms with E-state index in [0.29, 0.717) is 0 Å². The smallest absolute Gasteiger partial charge is 0.418 e. The monoisotopic (exact) mass is 208 g/mol. The lowest BCUT2D eigenvalue weighted by Crippen LogP contribution is -2.31. The minimum atomic E-state index is -0.615. The molecule has 0 spiro atoms. The molecule has 0 saturated carbocycles. The van der Waals surface area contributed by atoms with E-state index in [1.807, 2.05) is 0 Å². The molecule has 0 amide bonds. The molecule has 0 aromatic carbocycles. The Morgan fingerprint density at radius 2 is 2.42 bits per heavy atom. The molecule has 0 aromatic heterocycles. The van der Waals surface area contributed by atoms with Crippen molar-refractivity contribution in [3.05, 3.63) is 0 Å². The Hall–Kier alpha value is -0.200. The summed E-state index contributed by atoms with van der Waals surface area (Å²) in [4.78, 5) is 20.8. The highest BCUT2D eigenvalue weighted by Crippen LogP contribution is 2.13. The fourth-order valence-electron chi connectivity index (χ4n) is 0.417. The van der Waals surface area contributed by atoms with Crippen molar-refractivity contribution in [2.75, 3.05) is 5.75 Å². The van der Waals surface area contributed by atoms with Crippen LogP contribution >= 0.6 is 24.4 Å². The van der Waals surface area contributed by atoms with Gasteiger partial charge in [-0.15, -0.1) is 0 Å². The molecular formula is C6H10NO3S2. The second kappa shape index (κ2) is 6.33. The Bertz CT molecular complexity index is 165. The van der Waals surface area contributed by atoms with Gasteiger partial charge in [-0.25, -0.2) is 4.79 Å². The van der Waals surface area contributed by atoms with Crippen molar-refractivity contribution in [2.24, 2.45) is 5.73 Å². The van der Waals surface area contributed by atoms with Gasteiger partial charge < -0.3 is 10.5 Å². The van der Waals surface area contributed by atoms with Crippen LogP contribution in [-0.4, -0.2) is 28.8 Å². The Labute approximate surface area is 80.6 Å². The first kappa shape index (κ1) is 11.8. The summed E-state index contributed by atoms with van der Waals surface area (Å²) in [6, 6.07) is -0.615. The summed E-state index contributed by atoms with van der Waals surface area (Å²) in [6.45, 7) is 2.81. The van der Waals surface area contributed by atoms with Crippen molar-refractivity contribution in [3.63, 3.8) is 0 Å². The number of thioether (sulfide) groups is 1. The van der Waals surface area contributed by atoms with Crippen LogP contribution in [0.4, 0.5) is 0 Å². The SMILES string of the molecule is CC(O[C]=O)SC(=O)C(N)CS. The second-order valence-electron chi connectivity index (χ2n) is 1.99. The Kier molecular flexibility index (Phi) is 6.23. The lowest BCUT2D eigenvalue weighted by Gasteiger charge is -2.09. The number of rotatable bonds is 5. The van der Waals surface area contributed by atoms with Gasteiger partial charge in [0, 0.05) is 5.75 Å². The maximum atomic E-state index is 11.0. The van der Waals surface area contributed by atoms with Gasteiger partial charge in [0.2, 0.25) is 5.12 Å². The van der Waals surface area contributed by atoms with Crippen LogP contribution in [0.3, 0.4) is 0 Å². The predicted molar refractivity (Wildman–Crippen MR) is 50.7 cm³/mol. The zero-order valence-corrected chi connectivity index (χ0v) is 8.23. The highest BCUT2D eigenvalue weighted by atomic mass is 32.2. The van der Waals surface area contributed by atoms with Crippen LogP contribution in [0.5, 0.6) is 0 Å². The summed E-state index contributed by atoms with van der Waals surface area (Å²) in [5.74, 6) is 0.281. The van der Waals surface area contributed by atoms with E-state index in [9.17, 15) is 9.59 Å². The number of hydrogen-bond donors (Lipinski definition) is 2. The van der Waals surface area contributed by atoms with Gasteiger partial charge in [0.25, 0.3) is 0 Å². The molecular weight excluding hydrogens is 198 g/mol. The lowest BCUT2D eigenvalue weighted by molar-refractivity contribution is -0.111. The Balaban J connectivity index is 3.75. The van der Waals surface area contributed by atoms with Crippen molar-refractivity contribution in [2.45, 2.75) is 18.4 Å². The lowest BCUT2D eigenvalue weighted by atomic mass is 10.4. The molecule has 0 fully saturated rings. The molecule has 2 N–H and O–H groups in total. The molecule has 1 radical (unpaired) electrons. The molecule has 0 aliphatic heterocycles. The molecule has 6 heteroatoms. The largest absolute Gasteiger partial charge is 0.443 e. The molecule has 0 rings (SSSR count). The normalized spacial score (nSPS) is 14.9. The second-order valence-corrected chi connectivity index (χ2v) is 3.66. The first-order chi connectivity index (χ1) is 5.61. The summed E-state index contributed by atoms with van der Waals surface area (Å²) in [5.41, 5.74) is 4.82. The summed E-state index contributed by atoms with van der Waals surface area (Å²) >= 11 is 4.71. The number of carbonyl (C=O) groups is 1. The van der Waals surface area contributed by atoms with Gasteiger partial charge in [-0.05, 0) is 18.7 Å². The van der Waals surface area contributed by atoms with Crippen molar-refractivity contribution in [3.8, 4) is 0 Å². The third kappa shape index (κ3) is 4.63. The van der Waals surface area contributed by atoms with Gasteiger partial charge in [-0.3, -0.25) is 4.79 Å². The first-order valence-corrected chi connectivity index (χ1v) is 4.72. The molecule has 0 aromatic rings. The van der Waals surface area contributed by atoms with E-state index in [0.717, 1.165) is 11.8 Å². The minimum Gasteiger partial charge on any atom is -0.443 e. The van der Waals surface area contributed by atoms with E-state index < -0.39 is 11.5 Å². The van der Waals surface area contributed by atoms with Crippen LogP contribution in [0.1, 0.15) is 6.92 Å². The molecule has 0 aliphatic carbocycles. The molecule has 2 atom stereocenters. The van der Waals surface area contributed by atoms with Crippen molar-refractivity contribution >= 4 is 36.0 Å². The molecule has 0 aliphatic rings. The number of thiol groups is 1. The van der Waals surface area contributed by atoms with E-state index in [1.165, 1.54) is 6.47 Å². The summed E-state index contributed by atoms with van der Waals surface area (Å²) in [6.07, 6.45) is 0. The van der Waals surface area contributed by atoms with Crippen molar-refractivity contribution in [1.82, 2.24) is 0 Å². The first-order valence-electron chi connectivity index (χ1n) is 3.21. The van der Waals surface area contributed by atoms with Gasteiger partial charge >= 0.3 is 6.47 Å². The van der Waals surface area contributed by atoms with E-state index in [4.69, 9.17) is 5.73 Å². The zero-order valence-electron chi connectivity index (χ0n) is 6.52. The zero-order chi connectivity index (χ0) is 9.56. The van der Waals surface area contributed by atoms with Crippen LogP contribution in [0.2, 0.25) is 0 Å². The Morgan fingerprint density at radius 1 is 1.83 bits per heavy atom. The third-order valence-electron chi connectivity index (χ3n) is 0.996. The van der Waals surface area contributed by atoms with Crippen LogP contribution < -0.4 is 5.73 Å². The Morgan fingerprint density at radius 3 is 2.83 bits per heavy atom. The molecule has 69 valence electrons. The standard InChI is InChI=1S/C6H10NO3S2/c1-4(10-3-8)12-6(9)5(7)2-11/h4-5,11H,2,7H2,1H3. The quantitative estimate of drug-likeness (QED) is 0.489. The van der Waals surface area contributed by atoms with Crippen molar-refractivity contribution < 1.29 is 14.3 Å². The maximum absolute atomic E-state index is 11.0. The molecule has 0 heterocycles.